The van der Waals surface area contributed by atoms with E-state index in [9.17, 15) is 4.79 Å². The molecule has 0 spiro atoms. The van der Waals surface area contributed by atoms with Gasteiger partial charge in [-0.15, -0.1) is 5.10 Å². The first kappa shape index (κ1) is 12.9. The van der Waals surface area contributed by atoms with Gasteiger partial charge >= 0.3 is 5.97 Å². The van der Waals surface area contributed by atoms with Gasteiger partial charge in [0.1, 0.15) is 5.82 Å². The Morgan fingerprint density at radius 1 is 1.55 bits per heavy atom. The van der Waals surface area contributed by atoms with E-state index in [0.29, 0.717) is 17.4 Å². The van der Waals surface area contributed by atoms with Crippen LogP contribution in [-0.2, 0) is 4.74 Å². The number of fused-ring (bicyclic) bond motifs is 1. The van der Waals surface area contributed by atoms with Gasteiger partial charge in [-0.3, -0.25) is 0 Å². The lowest BCUT2D eigenvalue weighted by molar-refractivity contribution is 0.0594. The second-order valence-electron chi connectivity index (χ2n) is 4.90. The average Bonchev–Trinajstić information content (AvgIpc) is 2.89. The second-order valence-corrected chi connectivity index (χ2v) is 4.90. The van der Waals surface area contributed by atoms with Crippen LogP contribution in [0.2, 0.25) is 0 Å². The van der Waals surface area contributed by atoms with Crippen molar-refractivity contribution >= 4 is 17.4 Å². The van der Waals surface area contributed by atoms with Gasteiger partial charge in [-0.1, -0.05) is 0 Å². The molecule has 0 radical (unpaired) electrons. The molecule has 3 rings (SSSR count). The van der Waals surface area contributed by atoms with Gasteiger partial charge in [-0.25, -0.2) is 14.3 Å². The van der Waals surface area contributed by atoms with E-state index in [0.717, 1.165) is 32.6 Å². The van der Waals surface area contributed by atoms with Gasteiger partial charge in [-0.2, -0.15) is 0 Å². The molecule has 1 fully saturated rings. The number of anilines is 1. The number of nitrogens with one attached hydrogen (secondary N) is 1. The van der Waals surface area contributed by atoms with Gasteiger partial charge in [0, 0.05) is 13.2 Å². The number of hydrogen-bond acceptors (Lipinski definition) is 5. The van der Waals surface area contributed by atoms with Crippen LogP contribution in [-0.4, -0.2) is 45.4 Å². The maximum atomic E-state index is 11.1. The molecule has 1 saturated heterocycles. The first-order chi connectivity index (χ1) is 9.74. The van der Waals surface area contributed by atoms with Crippen LogP contribution in [0.1, 0.15) is 23.3 Å². The Kier molecular flexibility index (Phi) is 3.51. The Morgan fingerprint density at radius 3 is 3.20 bits per heavy atom. The summed E-state index contributed by atoms with van der Waals surface area (Å²) in [6.07, 6.45) is 3.54. The van der Waals surface area contributed by atoms with Crippen LogP contribution in [0.4, 0.5) is 5.82 Å². The number of nitrogens with zero attached hydrogens (tertiary/aromatic N) is 3. The van der Waals surface area contributed by atoms with Crippen LogP contribution in [0, 0.1) is 5.92 Å². The maximum absolute atomic E-state index is 11.1. The Hall–Kier alpha value is -2.15. The summed E-state index contributed by atoms with van der Waals surface area (Å²) < 4.78 is 6.76. The molecule has 0 bridgehead atoms. The van der Waals surface area contributed by atoms with E-state index < -0.39 is 5.97 Å². The lowest BCUT2D eigenvalue weighted by Gasteiger charge is -2.22. The van der Waals surface area contributed by atoms with Crippen LogP contribution in [0.3, 0.4) is 0 Å². The van der Waals surface area contributed by atoms with Crippen LogP contribution in [0.15, 0.2) is 18.3 Å². The molecule has 20 heavy (non-hydrogen) atoms. The zero-order valence-electron chi connectivity index (χ0n) is 11.0. The molecule has 106 valence electrons. The molecular weight excluding hydrogens is 260 g/mol. The number of ether oxygens (including phenoxy) is 1. The quantitative estimate of drug-likeness (QED) is 0.874. The monoisotopic (exact) mass is 276 g/mol. The molecule has 1 aliphatic heterocycles. The molecular formula is C13H16N4O3. The summed E-state index contributed by atoms with van der Waals surface area (Å²) in [5.41, 5.74) is 0.582. The minimum absolute atomic E-state index is 0.0599. The van der Waals surface area contributed by atoms with Crippen molar-refractivity contribution in [3.63, 3.8) is 0 Å². The first-order valence-electron chi connectivity index (χ1n) is 6.64. The van der Waals surface area contributed by atoms with Crippen molar-refractivity contribution in [3.8, 4) is 0 Å². The highest BCUT2D eigenvalue weighted by Gasteiger charge is 2.15. The number of carbonyl (C=O) groups is 1. The predicted molar refractivity (Wildman–Crippen MR) is 72.0 cm³/mol. The van der Waals surface area contributed by atoms with Crippen LogP contribution < -0.4 is 5.32 Å². The van der Waals surface area contributed by atoms with E-state index in [1.807, 2.05) is 0 Å². The Morgan fingerprint density at radius 2 is 2.45 bits per heavy atom. The summed E-state index contributed by atoms with van der Waals surface area (Å²) in [6, 6.07) is 3.55. The smallest absolute Gasteiger partial charge is 0.356 e. The van der Waals surface area contributed by atoms with Gasteiger partial charge in [0.05, 0.1) is 12.8 Å². The summed E-state index contributed by atoms with van der Waals surface area (Å²) in [6.45, 7) is 2.38. The fourth-order valence-corrected chi connectivity index (χ4v) is 2.33. The highest BCUT2D eigenvalue weighted by molar-refractivity contribution is 5.86. The van der Waals surface area contributed by atoms with Crippen LogP contribution in [0.25, 0.3) is 5.65 Å². The van der Waals surface area contributed by atoms with Crippen molar-refractivity contribution < 1.29 is 14.6 Å². The van der Waals surface area contributed by atoms with Crippen molar-refractivity contribution in [1.82, 2.24) is 14.6 Å². The zero-order chi connectivity index (χ0) is 13.9. The molecule has 0 amide bonds. The summed E-state index contributed by atoms with van der Waals surface area (Å²) >= 11 is 0. The molecule has 0 aromatic carbocycles. The number of rotatable bonds is 4. The van der Waals surface area contributed by atoms with Crippen molar-refractivity contribution in [2.24, 2.45) is 5.92 Å². The topological polar surface area (TPSA) is 88.8 Å². The Labute approximate surface area is 115 Å². The summed E-state index contributed by atoms with van der Waals surface area (Å²) in [7, 11) is 0. The maximum Gasteiger partial charge on any atom is 0.356 e. The number of carboxylic acid groups (broad SMARTS) is 1. The van der Waals surface area contributed by atoms with Crippen molar-refractivity contribution in [1.29, 1.82) is 0 Å². The molecule has 3 heterocycles. The second kappa shape index (κ2) is 5.46. The molecule has 1 aliphatic rings. The lowest BCUT2D eigenvalue weighted by Crippen LogP contribution is -2.24. The normalized spacial score (nSPS) is 19.1. The molecule has 2 aromatic rings. The third kappa shape index (κ3) is 2.57. The zero-order valence-corrected chi connectivity index (χ0v) is 11.0. The SMILES string of the molecule is O=C(O)c1cnc2ccc(NCC3CCCOC3)nn12. The van der Waals surface area contributed by atoms with Gasteiger partial charge in [-0.05, 0) is 30.9 Å². The molecule has 0 saturated carbocycles. The number of hydrogen-bond donors (Lipinski definition) is 2. The summed E-state index contributed by atoms with van der Waals surface area (Å²) in [4.78, 5) is 15.1. The molecule has 2 N–H and O–H groups in total. The Balaban J connectivity index is 1.74. The average molecular weight is 276 g/mol. The number of aromatic nitrogens is 3. The van der Waals surface area contributed by atoms with E-state index in [2.05, 4.69) is 15.4 Å². The van der Waals surface area contributed by atoms with Gasteiger partial charge in [0.15, 0.2) is 11.3 Å². The highest BCUT2D eigenvalue weighted by Crippen LogP contribution is 2.15. The summed E-state index contributed by atoms with van der Waals surface area (Å²) in [5, 5.41) is 16.6. The third-order valence-corrected chi connectivity index (χ3v) is 3.41. The molecule has 0 aliphatic carbocycles. The Bertz CT molecular complexity index is 619. The molecule has 7 heteroatoms. The van der Waals surface area contributed by atoms with Gasteiger partial charge in [0.2, 0.25) is 0 Å². The van der Waals surface area contributed by atoms with Gasteiger partial charge in [0.25, 0.3) is 0 Å². The fraction of sp³-hybridized carbons (Fsp3) is 0.462. The van der Waals surface area contributed by atoms with E-state index in [-0.39, 0.29) is 5.69 Å². The third-order valence-electron chi connectivity index (χ3n) is 3.41. The largest absolute Gasteiger partial charge is 0.476 e. The molecule has 1 unspecified atom stereocenters. The van der Waals surface area contributed by atoms with E-state index in [4.69, 9.17) is 9.84 Å². The minimum Gasteiger partial charge on any atom is -0.476 e. The summed E-state index contributed by atoms with van der Waals surface area (Å²) in [5.74, 6) is 0.0781. The fourth-order valence-electron chi connectivity index (χ4n) is 2.33. The lowest BCUT2D eigenvalue weighted by atomic mass is 10.0. The van der Waals surface area contributed by atoms with Crippen molar-refractivity contribution in [2.75, 3.05) is 25.1 Å². The standard InChI is InChI=1S/C13H16N4O3/c18-13(19)10-7-15-12-4-3-11(16-17(10)12)14-6-9-2-1-5-20-8-9/h3-4,7,9H,1-2,5-6,8H2,(H,14,16)(H,18,19). The molecule has 7 nitrogen and oxygen atoms in total. The van der Waals surface area contributed by atoms with E-state index >= 15 is 0 Å². The van der Waals surface area contributed by atoms with Crippen LogP contribution >= 0.6 is 0 Å². The number of imidazole rings is 1. The van der Waals surface area contributed by atoms with Gasteiger partial charge < -0.3 is 15.2 Å². The van der Waals surface area contributed by atoms with Crippen LogP contribution in [0.5, 0.6) is 0 Å². The van der Waals surface area contributed by atoms with E-state index in [1.165, 1.54) is 10.7 Å². The minimum atomic E-state index is -1.04. The highest BCUT2D eigenvalue weighted by atomic mass is 16.5. The predicted octanol–water partition coefficient (Wildman–Crippen LogP) is 1.27. The van der Waals surface area contributed by atoms with Crippen molar-refractivity contribution in [2.45, 2.75) is 12.8 Å². The number of aromatic carboxylic acids is 1. The van der Waals surface area contributed by atoms with E-state index in [1.54, 1.807) is 12.1 Å². The number of carboxylic acids is 1. The molecule has 2 aromatic heterocycles. The molecule has 1 atom stereocenters. The van der Waals surface area contributed by atoms with Crippen molar-refractivity contribution in [3.05, 3.63) is 24.0 Å². The first-order valence-corrected chi connectivity index (χ1v) is 6.64.